The van der Waals surface area contributed by atoms with Crippen molar-refractivity contribution in [3.63, 3.8) is 0 Å². The molecule has 6 heteroatoms. The van der Waals surface area contributed by atoms with Crippen molar-refractivity contribution in [1.82, 2.24) is 4.90 Å². The molecule has 5 nitrogen and oxygen atoms in total. The molecule has 1 aliphatic heterocycles. The molecule has 160 valence electrons. The van der Waals surface area contributed by atoms with Crippen LogP contribution in [0.1, 0.15) is 29.5 Å². The zero-order valence-electron chi connectivity index (χ0n) is 17.6. The zero-order valence-corrected chi connectivity index (χ0v) is 19.2. The van der Waals surface area contributed by atoms with E-state index in [1.54, 1.807) is 30.2 Å². The van der Waals surface area contributed by atoms with Crippen molar-refractivity contribution in [3.05, 3.63) is 75.8 Å². The normalized spacial score (nSPS) is 13.6. The molecule has 3 rings (SSSR count). The third-order valence-electron chi connectivity index (χ3n) is 5.09. The van der Waals surface area contributed by atoms with Gasteiger partial charge < -0.3 is 14.4 Å². The quantitative estimate of drug-likeness (QED) is 0.292. The molecule has 0 unspecified atom stereocenters. The van der Waals surface area contributed by atoms with E-state index in [-0.39, 0.29) is 11.5 Å². The van der Waals surface area contributed by atoms with Crippen molar-refractivity contribution in [3.8, 4) is 17.6 Å². The van der Waals surface area contributed by atoms with Gasteiger partial charge in [-0.2, -0.15) is 5.26 Å². The summed E-state index contributed by atoms with van der Waals surface area (Å²) in [5.74, 6) is 0.959. The van der Waals surface area contributed by atoms with Gasteiger partial charge in [0, 0.05) is 23.1 Å². The van der Waals surface area contributed by atoms with Crippen LogP contribution in [-0.2, 0) is 17.8 Å². The Morgan fingerprint density at radius 3 is 2.58 bits per heavy atom. The summed E-state index contributed by atoms with van der Waals surface area (Å²) in [7, 11) is 1.58. The number of carbonyl (C=O) groups is 1. The number of ether oxygens (including phenoxy) is 2. The lowest BCUT2D eigenvalue weighted by Gasteiger charge is -2.17. The highest BCUT2D eigenvalue weighted by Crippen LogP contribution is 2.35. The van der Waals surface area contributed by atoms with E-state index in [1.807, 2.05) is 30.3 Å². The van der Waals surface area contributed by atoms with Gasteiger partial charge in [-0.3, -0.25) is 4.79 Å². The number of allylic oxidation sites excluding steroid dienone is 1. The van der Waals surface area contributed by atoms with Crippen LogP contribution in [0.5, 0.6) is 11.5 Å². The third kappa shape index (κ3) is 5.77. The highest BCUT2D eigenvalue weighted by atomic mass is 79.9. The number of halogens is 1. The second-order valence-electron chi connectivity index (χ2n) is 7.29. The van der Waals surface area contributed by atoms with Crippen LogP contribution in [0, 0.1) is 11.3 Å². The molecule has 0 radical (unpaired) electrons. The first-order valence-corrected chi connectivity index (χ1v) is 10.9. The Morgan fingerprint density at radius 2 is 1.97 bits per heavy atom. The summed E-state index contributed by atoms with van der Waals surface area (Å²) < 4.78 is 12.7. The van der Waals surface area contributed by atoms with Crippen molar-refractivity contribution >= 4 is 27.9 Å². The summed E-state index contributed by atoms with van der Waals surface area (Å²) in [5, 5.41) is 9.56. The molecule has 1 heterocycles. The molecule has 0 spiro atoms. The minimum absolute atomic E-state index is 0.122. The number of amides is 1. The largest absolute Gasteiger partial charge is 0.493 e. The molecule has 0 aromatic heterocycles. The molecule has 0 bridgehead atoms. The van der Waals surface area contributed by atoms with Gasteiger partial charge in [0.2, 0.25) is 0 Å². The third-order valence-corrected chi connectivity index (χ3v) is 5.62. The van der Waals surface area contributed by atoms with Crippen LogP contribution in [0.2, 0.25) is 0 Å². The van der Waals surface area contributed by atoms with Gasteiger partial charge in [0.05, 0.1) is 7.11 Å². The van der Waals surface area contributed by atoms with Gasteiger partial charge in [-0.1, -0.05) is 34.1 Å². The van der Waals surface area contributed by atoms with Crippen molar-refractivity contribution < 1.29 is 14.3 Å². The maximum atomic E-state index is 12.7. The van der Waals surface area contributed by atoms with Gasteiger partial charge >= 0.3 is 0 Å². The topological polar surface area (TPSA) is 62.6 Å². The van der Waals surface area contributed by atoms with Crippen molar-refractivity contribution in [2.45, 2.75) is 25.9 Å². The standard InChI is InChI=1S/C25H25BrN2O3/c1-3-6-20-13-19(14-21(16-27)25(29)28-11-4-5-12-28)15-23(30-2)24(20)31-17-18-7-9-22(26)10-8-18/h3,7-10,13-15H,1,4-6,11-12,17H2,2H3/b21-14+. The Bertz CT molecular complexity index is 1020. The van der Waals surface area contributed by atoms with Gasteiger partial charge in [-0.25, -0.2) is 0 Å². The molecule has 1 fully saturated rings. The number of benzene rings is 2. The van der Waals surface area contributed by atoms with E-state index in [0.717, 1.165) is 28.4 Å². The number of carbonyl (C=O) groups excluding carboxylic acids is 1. The maximum absolute atomic E-state index is 12.7. The fourth-order valence-electron chi connectivity index (χ4n) is 3.52. The predicted octanol–water partition coefficient (Wildman–Crippen LogP) is 5.29. The molecule has 0 atom stereocenters. The molecule has 1 saturated heterocycles. The minimum Gasteiger partial charge on any atom is -0.493 e. The minimum atomic E-state index is -0.222. The van der Waals surface area contributed by atoms with Gasteiger partial charge in [-0.15, -0.1) is 6.58 Å². The highest BCUT2D eigenvalue weighted by Gasteiger charge is 2.22. The van der Waals surface area contributed by atoms with Crippen LogP contribution in [-0.4, -0.2) is 31.0 Å². The van der Waals surface area contributed by atoms with Gasteiger partial charge in [0.1, 0.15) is 18.2 Å². The summed E-state index contributed by atoms with van der Waals surface area (Å²) in [6.45, 7) is 5.63. The Balaban J connectivity index is 1.90. The molecule has 1 amide bonds. The summed E-state index contributed by atoms with van der Waals surface area (Å²) in [6.07, 6.45) is 5.93. The van der Waals surface area contributed by atoms with Crippen LogP contribution in [0.15, 0.2) is 59.1 Å². The van der Waals surface area contributed by atoms with Crippen molar-refractivity contribution in [1.29, 1.82) is 5.26 Å². The molecule has 1 aliphatic rings. The van der Waals surface area contributed by atoms with Crippen LogP contribution in [0.3, 0.4) is 0 Å². The summed E-state index contributed by atoms with van der Waals surface area (Å²) in [6, 6.07) is 13.7. The Hall–Kier alpha value is -3.04. The number of nitrogens with zero attached hydrogens (tertiary/aromatic N) is 2. The zero-order chi connectivity index (χ0) is 22.2. The average molecular weight is 481 g/mol. The summed E-state index contributed by atoms with van der Waals surface area (Å²) in [5.41, 5.74) is 2.75. The van der Waals surface area contributed by atoms with Crippen molar-refractivity contribution in [2.75, 3.05) is 20.2 Å². The lowest BCUT2D eigenvalue weighted by atomic mass is 10.0. The first-order chi connectivity index (χ1) is 15.0. The molecule has 2 aromatic carbocycles. The van der Waals surface area contributed by atoms with Crippen LogP contribution >= 0.6 is 15.9 Å². The molecule has 0 N–H and O–H groups in total. The highest BCUT2D eigenvalue weighted by molar-refractivity contribution is 9.10. The predicted molar refractivity (Wildman–Crippen MR) is 125 cm³/mol. The second kappa shape index (κ2) is 10.8. The van der Waals surface area contributed by atoms with Crippen LogP contribution < -0.4 is 9.47 Å². The van der Waals surface area contributed by atoms with E-state index >= 15 is 0 Å². The van der Waals surface area contributed by atoms with Gasteiger partial charge in [0.15, 0.2) is 11.5 Å². The Kier molecular flexibility index (Phi) is 7.91. The van der Waals surface area contributed by atoms with E-state index < -0.39 is 0 Å². The summed E-state index contributed by atoms with van der Waals surface area (Å²) >= 11 is 3.43. The number of hydrogen-bond donors (Lipinski definition) is 0. The molecule has 2 aromatic rings. The van der Waals surface area contributed by atoms with E-state index in [2.05, 4.69) is 28.6 Å². The molecular formula is C25H25BrN2O3. The van der Waals surface area contributed by atoms with Gasteiger partial charge in [0.25, 0.3) is 5.91 Å². The summed E-state index contributed by atoms with van der Waals surface area (Å²) in [4.78, 5) is 14.4. The molecular weight excluding hydrogens is 456 g/mol. The SMILES string of the molecule is C=CCc1cc(/C=C(\C#N)C(=O)N2CCCC2)cc(OC)c1OCc1ccc(Br)cc1. The lowest BCUT2D eigenvalue weighted by Crippen LogP contribution is -2.28. The first kappa shape index (κ1) is 22.6. The fraction of sp³-hybridized carbons (Fsp3) is 0.280. The number of likely N-dealkylation sites (tertiary alicyclic amines) is 1. The first-order valence-electron chi connectivity index (χ1n) is 10.2. The second-order valence-corrected chi connectivity index (χ2v) is 8.20. The Morgan fingerprint density at radius 1 is 1.26 bits per heavy atom. The molecule has 31 heavy (non-hydrogen) atoms. The van der Waals surface area contributed by atoms with E-state index in [1.165, 1.54) is 0 Å². The van der Waals surface area contributed by atoms with E-state index in [9.17, 15) is 10.1 Å². The Labute approximate surface area is 191 Å². The number of methoxy groups -OCH3 is 1. The average Bonchev–Trinajstić information content (AvgIpc) is 3.32. The molecule has 0 aliphatic carbocycles. The van der Waals surface area contributed by atoms with Crippen LogP contribution in [0.25, 0.3) is 6.08 Å². The number of rotatable bonds is 8. The fourth-order valence-corrected chi connectivity index (χ4v) is 3.79. The van der Waals surface area contributed by atoms with Crippen molar-refractivity contribution in [2.24, 2.45) is 0 Å². The van der Waals surface area contributed by atoms with Crippen LogP contribution in [0.4, 0.5) is 0 Å². The number of hydrogen-bond acceptors (Lipinski definition) is 4. The molecule has 0 saturated carbocycles. The monoisotopic (exact) mass is 480 g/mol. The van der Waals surface area contributed by atoms with E-state index in [0.29, 0.717) is 43.2 Å². The van der Waals surface area contributed by atoms with E-state index in [4.69, 9.17) is 9.47 Å². The lowest BCUT2D eigenvalue weighted by molar-refractivity contribution is -0.125. The maximum Gasteiger partial charge on any atom is 0.264 e. The van der Waals surface area contributed by atoms with Gasteiger partial charge in [-0.05, 0) is 60.7 Å². The number of nitriles is 1. The smallest absolute Gasteiger partial charge is 0.264 e.